The van der Waals surface area contributed by atoms with Crippen LogP contribution in [0.4, 0.5) is 5.69 Å². The second kappa shape index (κ2) is 5.74. The summed E-state index contributed by atoms with van der Waals surface area (Å²) < 4.78 is 0.0752. The molecular formula is C13H16N2OS. The van der Waals surface area contributed by atoms with Gasteiger partial charge in [-0.1, -0.05) is 26.8 Å². The van der Waals surface area contributed by atoms with E-state index in [1.165, 1.54) is 0 Å². The normalized spacial score (nSPS) is 10.7. The summed E-state index contributed by atoms with van der Waals surface area (Å²) in [6.45, 7) is 6.21. The monoisotopic (exact) mass is 248 g/mol. The second-order valence-corrected chi connectivity index (χ2v) is 6.44. The molecule has 17 heavy (non-hydrogen) atoms. The maximum absolute atomic E-state index is 11.6. The molecule has 0 aliphatic heterocycles. The van der Waals surface area contributed by atoms with Gasteiger partial charge in [0.15, 0.2) is 0 Å². The van der Waals surface area contributed by atoms with Crippen LogP contribution in [0.5, 0.6) is 0 Å². The average Bonchev–Trinajstić information content (AvgIpc) is 2.26. The number of nitriles is 1. The quantitative estimate of drug-likeness (QED) is 0.894. The molecule has 1 aromatic carbocycles. The van der Waals surface area contributed by atoms with E-state index in [2.05, 4.69) is 26.1 Å². The summed E-state index contributed by atoms with van der Waals surface area (Å²) in [7, 11) is 0. The SMILES string of the molecule is CC(C)(C)SCC(=O)Nc1cccc(C#N)c1. The van der Waals surface area contributed by atoms with Crippen LogP contribution < -0.4 is 5.32 Å². The van der Waals surface area contributed by atoms with E-state index in [4.69, 9.17) is 5.26 Å². The van der Waals surface area contributed by atoms with Crippen LogP contribution in [-0.2, 0) is 4.79 Å². The number of anilines is 1. The fourth-order valence-electron chi connectivity index (χ4n) is 1.15. The van der Waals surface area contributed by atoms with Crippen molar-refractivity contribution in [3.63, 3.8) is 0 Å². The molecule has 4 heteroatoms. The molecule has 0 fully saturated rings. The number of carbonyl (C=O) groups excluding carboxylic acids is 1. The number of nitrogens with zero attached hydrogens (tertiary/aromatic N) is 1. The van der Waals surface area contributed by atoms with Crippen molar-refractivity contribution in [3.05, 3.63) is 29.8 Å². The lowest BCUT2D eigenvalue weighted by Crippen LogP contribution is -2.18. The van der Waals surface area contributed by atoms with Crippen molar-refractivity contribution in [2.24, 2.45) is 0 Å². The molecule has 0 aromatic heterocycles. The predicted molar refractivity (Wildman–Crippen MR) is 72.0 cm³/mol. The van der Waals surface area contributed by atoms with Crippen molar-refractivity contribution in [1.29, 1.82) is 5.26 Å². The van der Waals surface area contributed by atoms with E-state index < -0.39 is 0 Å². The number of thioether (sulfide) groups is 1. The number of rotatable bonds is 3. The molecule has 0 bridgehead atoms. The van der Waals surface area contributed by atoms with Gasteiger partial charge in [-0.15, -0.1) is 11.8 Å². The fourth-order valence-corrected chi connectivity index (χ4v) is 1.78. The highest BCUT2D eigenvalue weighted by atomic mass is 32.2. The molecule has 0 heterocycles. The smallest absolute Gasteiger partial charge is 0.234 e. The fraction of sp³-hybridized carbons (Fsp3) is 0.385. The van der Waals surface area contributed by atoms with E-state index in [0.717, 1.165) is 0 Å². The number of amides is 1. The summed E-state index contributed by atoms with van der Waals surface area (Å²) >= 11 is 1.59. The van der Waals surface area contributed by atoms with Crippen LogP contribution >= 0.6 is 11.8 Å². The number of nitrogens with one attached hydrogen (secondary N) is 1. The third kappa shape index (κ3) is 5.41. The van der Waals surface area contributed by atoms with Gasteiger partial charge in [0.05, 0.1) is 17.4 Å². The van der Waals surface area contributed by atoms with Gasteiger partial charge in [-0.2, -0.15) is 5.26 Å². The Morgan fingerprint density at radius 2 is 2.18 bits per heavy atom. The standard InChI is InChI=1S/C13H16N2OS/c1-13(2,3)17-9-12(16)15-11-6-4-5-10(7-11)8-14/h4-7H,9H2,1-3H3,(H,15,16). The van der Waals surface area contributed by atoms with Crippen LogP contribution in [0, 0.1) is 11.3 Å². The van der Waals surface area contributed by atoms with Gasteiger partial charge < -0.3 is 5.32 Å². The Morgan fingerprint density at radius 3 is 2.76 bits per heavy atom. The Morgan fingerprint density at radius 1 is 1.47 bits per heavy atom. The predicted octanol–water partition coefficient (Wildman–Crippen LogP) is 3.03. The van der Waals surface area contributed by atoms with Gasteiger partial charge in [0.1, 0.15) is 0 Å². The maximum Gasteiger partial charge on any atom is 0.234 e. The van der Waals surface area contributed by atoms with Crippen LogP contribution in [0.15, 0.2) is 24.3 Å². The Hall–Kier alpha value is -1.47. The Kier molecular flexibility index (Phi) is 4.59. The molecule has 90 valence electrons. The van der Waals surface area contributed by atoms with Crippen molar-refractivity contribution in [2.45, 2.75) is 25.5 Å². The van der Waals surface area contributed by atoms with E-state index in [0.29, 0.717) is 17.0 Å². The minimum atomic E-state index is -0.0417. The minimum Gasteiger partial charge on any atom is -0.325 e. The van der Waals surface area contributed by atoms with Crippen LogP contribution in [0.2, 0.25) is 0 Å². The molecular weight excluding hydrogens is 232 g/mol. The zero-order valence-electron chi connectivity index (χ0n) is 10.3. The Balaban J connectivity index is 2.54. The van der Waals surface area contributed by atoms with Gasteiger partial charge in [0.25, 0.3) is 0 Å². The first-order valence-corrected chi connectivity index (χ1v) is 6.33. The summed E-state index contributed by atoms with van der Waals surface area (Å²) in [6.07, 6.45) is 0. The molecule has 1 aromatic rings. The highest BCUT2D eigenvalue weighted by Gasteiger charge is 2.13. The molecule has 0 atom stereocenters. The maximum atomic E-state index is 11.6. The Bertz CT molecular complexity index is 443. The highest BCUT2D eigenvalue weighted by molar-refractivity contribution is 8.01. The third-order valence-electron chi connectivity index (χ3n) is 1.91. The highest BCUT2D eigenvalue weighted by Crippen LogP contribution is 2.23. The van der Waals surface area contributed by atoms with Crippen molar-refractivity contribution >= 4 is 23.4 Å². The van der Waals surface area contributed by atoms with E-state index >= 15 is 0 Å². The number of hydrogen-bond donors (Lipinski definition) is 1. The molecule has 0 unspecified atom stereocenters. The molecule has 0 spiro atoms. The van der Waals surface area contributed by atoms with Crippen LogP contribution in [-0.4, -0.2) is 16.4 Å². The number of carbonyl (C=O) groups is 1. The van der Waals surface area contributed by atoms with Crippen LogP contribution in [0.25, 0.3) is 0 Å². The molecule has 0 saturated carbocycles. The molecule has 0 saturated heterocycles. The molecule has 1 amide bonds. The lowest BCUT2D eigenvalue weighted by molar-refractivity contribution is -0.113. The molecule has 0 radical (unpaired) electrons. The molecule has 3 nitrogen and oxygen atoms in total. The van der Waals surface area contributed by atoms with Crippen LogP contribution in [0.3, 0.4) is 0 Å². The second-order valence-electron chi connectivity index (χ2n) is 4.64. The summed E-state index contributed by atoms with van der Waals surface area (Å²) in [5, 5.41) is 11.5. The van der Waals surface area contributed by atoms with Gasteiger partial charge in [0, 0.05) is 10.4 Å². The third-order valence-corrected chi connectivity index (χ3v) is 3.18. The first-order chi connectivity index (χ1) is 7.90. The molecule has 1 rings (SSSR count). The van der Waals surface area contributed by atoms with Crippen molar-refractivity contribution < 1.29 is 4.79 Å². The summed E-state index contributed by atoms with van der Waals surface area (Å²) in [5.41, 5.74) is 1.22. The van der Waals surface area contributed by atoms with E-state index in [-0.39, 0.29) is 10.7 Å². The molecule has 0 aliphatic rings. The van der Waals surface area contributed by atoms with Gasteiger partial charge in [-0.05, 0) is 18.2 Å². The zero-order valence-corrected chi connectivity index (χ0v) is 11.1. The van der Waals surface area contributed by atoms with Crippen LogP contribution in [0.1, 0.15) is 26.3 Å². The van der Waals surface area contributed by atoms with Gasteiger partial charge in [0.2, 0.25) is 5.91 Å². The summed E-state index contributed by atoms with van der Waals surface area (Å²) in [6, 6.07) is 8.95. The van der Waals surface area contributed by atoms with Gasteiger partial charge in [-0.3, -0.25) is 4.79 Å². The van der Waals surface area contributed by atoms with Crippen molar-refractivity contribution in [1.82, 2.24) is 0 Å². The van der Waals surface area contributed by atoms with Gasteiger partial charge >= 0.3 is 0 Å². The molecule has 1 N–H and O–H groups in total. The number of hydrogen-bond acceptors (Lipinski definition) is 3. The van der Waals surface area contributed by atoms with Crippen molar-refractivity contribution in [3.8, 4) is 6.07 Å². The first-order valence-electron chi connectivity index (χ1n) is 5.35. The van der Waals surface area contributed by atoms with E-state index in [1.807, 2.05) is 6.07 Å². The summed E-state index contributed by atoms with van der Waals surface area (Å²) in [5.74, 6) is 0.375. The topological polar surface area (TPSA) is 52.9 Å². The lowest BCUT2D eigenvalue weighted by Gasteiger charge is -2.16. The zero-order chi connectivity index (χ0) is 12.9. The molecule has 0 aliphatic carbocycles. The minimum absolute atomic E-state index is 0.0417. The lowest BCUT2D eigenvalue weighted by atomic mass is 10.2. The van der Waals surface area contributed by atoms with E-state index in [9.17, 15) is 4.79 Å². The first kappa shape index (κ1) is 13.6. The van der Waals surface area contributed by atoms with Gasteiger partial charge in [-0.25, -0.2) is 0 Å². The summed E-state index contributed by atoms with van der Waals surface area (Å²) in [4.78, 5) is 11.6. The Labute approximate surface area is 106 Å². The average molecular weight is 248 g/mol. The van der Waals surface area contributed by atoms with E-state index in [1.54, 1.807) is 36.0 Å². The van der Waals surface area contributed by atoms with Crippen molar-refractivity contribution in [2.75, 3.05) is 11.1 Å². The number of benzene rings is 1. The largest absolute Gasteiger partial charge is 0.325 e.